The van der Waals surface area contributed by atoms with Crippen molar-refractivity contribution in [1.82, 2.24) is 5.32 Å². The van der Waals surface area contributed by atoms with E-state index in [-0.39, 0.29) is 23.1 Å². The van der Waals surface area contributed by atoms with Crippen LogP contribution in [0.4, 0.5) is 5.69 Å². The maximum absolute atomic E-state index is 13.9. The van der Waals surface area contributed by atoms with Crippen LogP contribution in [0, 0.1) is 23.2 Å². The van der Waals surface area contributed by atoms with Gasteiger partial charge in [0.15, 0.2) is 0 Å². The van der Waals surface area contributed by atoms with Gasteiger partial charge >= 0.3 is 0 Å². The number of nitrogens with two attached hydrogens (primary N) is 1. The van der Waals surface area contributed by atoms with Crippen LogP contribution in [0.5, 0.6) is 0 Å². The van der Waals surface area contributed by atoms with Crippen LogP contribution in [-0.2, 0) is 14.4 Å². The number of primary amides is 1. The predicted octanol–water partition coefficient (Wildman–Crippen LogP) is 4.53. The Bertz CT molecular complexity index is 1150. The molecule has 37 heavy (non-hydrogen) atoms. The molecule has 0 aliphatic carbocycles. The number of likely N-dealkylation sites (N-methyl/N-ethyl adjacent to an activating group) is 1. The molecule has 198 valence electrons. The van der Waals surface area contributed by atoms with E-state index in [1.807, 2.05) is 89.2 Å². The number of hydrogen-bond acceptors (Lipinski definition) is 4. The summed E-state index contributed by atoms with van der Waals surface area (Å²) in [5.41, 5.74) is 8.64. The van der Waals surface area contributed by atoms with Crippen LogP contribution in [0.2, 0.25) is 0 Å². The van der Waals surface area contributed by atoms with E-state index in [1.54, 1.807) is 7.05 Å². The number of nitrogens with zero attached hydrogens (tertiary/aromatic N) is 2. The first-order valence-corrected chi connectivity index (χ1v) is 13.1. The normalized spacial score (nSPS) is 17.5. The quantitative estimate of drug-likeness (QED) is 0.524. The van der Waals surface area contributed by atoms with Crippen molar-refractivity contribution < 1.29 is 14.4 Å². The first-order valence-electron chi connectivity index (χ1n) is 13.1. The smallest absolute Gasteiger partial charge is 0.272 e. The molecule has 1 aliphatic rings. The molecule has 7 nitrogen and oxygen atoms in total. The van der Waals surface area contributed by atoms with Gasteiger partial charge in [0.2, 0.25) is 18.0 Å². The third kappa shape index (κ3) is 6.45. The number of anilines is 1. The Kier molecular flexibility index (Phi) is 8.89. The first-order chi connectivity index (χ1) is 17.5. The van der Waals surface area contributed by atoms with Crippen molar-refractivity contribution in [2.75, 3.05) is 11.9 Å². The van der Waals surface area contributed by atoms with Crippen molar-refractivity contribution in [3.05, 3.63) is 65.7 Å². The minimum atomic E-state index is -1.14. The zero-order chi connectivity index (χ0) is 27.3. The van der Waals surface area contributed by atoms with Crippen LogP contribution < -0.4 is 16.0 Å². The summed E-state index contributed by atoms with van der Waals surface area (Å²) < 4.78 is 0. The third-order valence-electron chi connectivity index (χ3n) is 7.16. The minimum Gasteiger partial charge on any atom is -0.369 e. The second-order valence-corrected chi connectivity index (χ2v) is 11.0. The summed E-state index contributed by atoms with van der Waals surface area (Å²) in [7, 11) is 1.69. The monoisotopic (exact) mass is 504 g/mol. The van der Waals surface area contributed by atoms with Crippen LogP contribution in [0.25, 0.3) is 0 Å². The second kappa shape index (κ2) is 11.7. The van der Waals surface area contributed by atoms with Gasteiger partial charge in [-0.25, -0.2) is 4.99 Å². The number of carbonyl (C=O) groups is 3. The van der Waals surface area contributed by atoms with Gasteiger partial charge in [-0.05, 0) is 23.8 Å². The van der Waals surface area contributed by atoms with Gasteiger partial charge in [0.05, 0.1) is 23.2 Å². The second-order valence-electron chi connectivity index (χ2n) is 11.0. The number of hydrogen-bond donors (Lipinski definition) is 2. The van der Waals surface area contributed by atoms with Crippen molar-refractivity contribution in [2.45, 2.75) is 60.0 Å². The molecular formula is C30H40N4O3. The molecule has 3 N–H and O–H groups in total. The Labute approximate surface area is 220 Å². The average Bonchev–Trinajstić information content (AvgIpc) is 2.96. The molecular weight excluding hydrogens is 464 g/mol. The van der Waals surface area contributed by atoms with E-state index < -0.39 is 23.9 Å². The SMILES string of the molecule is CCC(CC)[C@H](C(N)=O)[C@@H](CC(C)(C)C)C(=O)N[C@H]1N=C(c2ccccc2)c2ccccc2N(C)C1=O. The minimum absolute atomic E-state index is 0.0317. The average molecular weight is 505 g/mol. The Morgan fingerprint density at radius 3 is 2.19 bits per heavy atom. The molecule has 3 atom stereocenters. The van der Waals surface area contributed by atoms with Crippen molar-refractivity contribution in [3.8, 4) is 0 Å². The maximum Gasteiger partial charge on any atom is 0.272 e. The van der Waals surface area contributed by atoms with Gasteiger partial charge in [-0.2, -0.15) is 0 Å². The van der Waals surface area contributed by atoms with Gasteiger partial charge in [-0.3, -0.25) is 14.4 Å². The molecule has 0 saturated heterocycles. The van der Waals surface area contributed by atoms with Gasteiger partial charge in [-0.1, -0.05) is 96.0 Å². The summed E-state index contributed by atoms with van der Waals surface area (Å²) in [5.74, 6) is -2.55. The van der Waals surface area contributed by atoms with Crippen LogP contribution >= 0.6 is 0 Å². The molecule has 0 aromatic heterocycles. The topological polar surface area (TPSA) is 105 Å². The number of benzodiazepines with no additional fused rings is 1. The lowest BCUT2D eigenvalue weighted by atomic mass is 9.71. The van der Waals surface area contributed by atoms with Crippen molar-refractivity contribution in [3.63, 3.8) is 0 Å². The molecule has 3 amide bonds. The van der Waals surface area contributed by atoms with Gasteiger partial charge in [-0.15, -0.1) is 0 Å². The summed E-state index contributed by atoms with van der Waals surface area (Å²) in [6.07, 6.45) is 0.774. The highest BCUT2D eigenvalue weighted by Crippen LogP contribution is 2.36. The third-order valence-corrected chi connectivity index (χ3v) is 7.16. The van der Waals surface area contributed by atoms with Gasteiger partial charge in [0.25, 0.3) is 5.91 Å². The zero-order valence-electron chi connectivity index (χ0n) is 22.8. The highest BCUT2D eigenvalue weighted by Gasteiger charge is 2.41. The number of aliphatic imine (C=N–C) groups is 1. The van der Waals surface area contributed by atoms with Crippen molar-refractivity contribution in [1.29, 1.82) is 0 Å². The van der Waals surface area contributed by atoms with Crippen LogP contribution in [0.3, 0.4) is 0 Å². The van der Waals surface area contributed by atoms with Gasteiger partial charge < -0.3 is 16.0 Å². The van der Waals surface area contributed by atoms with E-state index >= 15 is 0 Å². The van der Waals surface area contributed by atoms with Gasteiger partial charge in [0.1, 0.15) is 0 Å². The molecule has 7 heteroatoms. The van der Waals surface area contributed by atoms with E-state index in [0.717, 1.165) is 24.0 Å². The van der Waals surface area contributed by atoms with Crippen molar-refractivity contribution >= 4 is 29.1 Å². The Balaban J connectivity index is 2.07. The number of benzene rings is 2. The Morgan fingerprint density at radius 1 is 1.03 bits per heavy atom. The molecule has 3 rings (SSSR count). The fraction of sp³-hybridized carbons (Fsp3) is 0.467. The van der Waals surface area contributed by atoms with Gasteiger partial charge in [0, 0.05) is 18.2 Å². The molecule has 0 bridgehead atoms. The van der Waals surface area contributed by atoms with Crippen LogP contribution in [-0.4, -0.2) is 36.6 Å². The number of carbonyl (C=O) groups excluding carboxylic acids is 3. The summed E-state index contributed by atoms with van der Waals surface area (Å²) in [6.45, 7) is 10.1. The van der Waals surface area contributed by atoms with Crippen LogP contribution in [0.15, 0.2) is 59.6 Å². The molecule has 0 unspecified atom stereocenters. The predicted molar refractivity (Wildman–Crippen MR) is 148 cm³/mol. The number of amides is 3. The Morgan fingerprint density at radius 2 is 1.62 bits per heavy atom. The Hall–Kier alpha value is -3.48. The lowest BCUT2D eigenvalue weighted by molar-refractivity contribution is -0.138. The number of fused-ring (bicyclic) bond motifs is 1. The largest absolute Gasteiger partial charge is 0.369 e. The summed E-state index contributed by atoms with van der Waals surface area (Å²) in [5, 5.41) is 2.91. The molecule has 0 spiro atoms. The molecule has 2 aromatic rings. The summed E-state index contributed by atoms with van der Waals surface area (Å²) in [6, 6.07) is 17.2. The highest BCUT2D eigenvalue weighted by atomic mass is 16.2. The van der Waals surface area contributed by atoms with E-state index in [4.69, 9.17) is 10.7 Å². The first kappa shape index (κ1) is 28.1. The molecule has 1 heterocycles. The summed E-state index contributed by atoms with van der Waals surface area (Å²) >= 11 is 0. The standard InChI is InChI=1S/C30H40N4O3/c1-7-19(8-2)24(26(31)35)22(18-30(3,4)5)28(36)33-27-29(37)34(6)23-17-13-12-16-21(23)25(32-27)20-14-10-9-11-15-20/h9-17,19,22,24,27H,7-8,18H2,1-6H3,(H2,31,35)(H,33,36)/t22-,24+,27-/m1/s1. The lowest BCUT2D eigenvalue weighted by Crippen LogP contribution is -2.51. The maximum atomic E-state index is 13.9. The molecule has 1 aliphatic heterocycles. The van der Waals surface area contributed by atoms with E-state index in [1.165, 1.54) is 4.90 Å². The van der Waals surface area contributed by atoms with E-state index in [2.05, 4.69) is 5.32 Å². The molecule has 0 saturated carbocycles. The van der Waals surface area contributed by atoms with Crippen LogP contribution in [0.1, 0.15) is 65.0 Å². The number of nitrogens with one attached hydrogen (secondary N) is 1. The molecule has 0 radical (unpaired) electrons. The van der Waals surface area contributed by atoms with E-state index in [9.17, 15) is 14.4 Å². The summed E-state index contributed by atoms with van der Waals surface area (Å²) in [4.78, 5) is 46.5. The number of rotatable bonds is 9. The zero-order valence-corrected chi connectivity index (χ0v) is 22.8. The lowest BCUT2D eigenvalue weighted by Gasteiger charge is -2.34. The highest BCUT2D eigenvalue weighted by molar-refractivity contribution is 6.20. The van der Waals surface area contributed by atoms with E-state index in [0.29, 0.717) is 17.8 Å². The van der Waals surface area contributed by atoms with Crippen molar-refractivity contribution in [2.24, 2.45) is 33.9 Å². The number of para-hydroxylation sites is 1. The fourth-order valence-corrected chi connectivity index (χ4v) is 5.28. The molecule has 0 fully saturated rings. The molecule has 2 aromatic carbocycles. The fourth-order valence-electron chi connectivity index (χ4n) is 5.28.